The third-order valence-corrected chi connectivity index (χ3v) is 3.29. The normalized spacial score (nSPS) is 9.90. The van der Waals surface area contributed by atoms with Crippen molar-refractivity contribution in [3.8, 4) is 0 Å². The quantitative estimate of drug-likeness (QED) is 0.689. The Morgan fingerprint density at radius 2 is 1.80 bits per heavy atom. The van der Waals surface area contributed by atoms with Crippen molar-refractivity contribution in [2.24, 2.45) is 0 Å². The molecule has 0 saturated heterocycles. The lowest BCUT2D eigenvalue weighted by molar-refractivity contribution is 0.0822. The van der Waals surface area contributed by atoms with E-state index >= 15 is 0 Å². The standard InChI is InChI=1S/C15H13BrN2O2/c1-18(17-13-8-6-12(16)7-9-13)15(20)14-5-3-2-4-11(14)10-19/h2-10,17H,1H3. The predicted octanol–water partition coefficient (Wildman–Crippen LogP) is 3.36. The Kier molecular flexibility index (Phi) is 4.53. The third-order valence-electron chi connectivity index (χ3n) is 2.76. The zero-order valence-electron chi connectivity index (χ0n) is 10.8. The van der Waals surface area contributed by atoms with Gasteiger partial charge >= 0.3 is 0 Å². The van der Waals surface area contributed by atoms with Gasteiger partial charge in [0, 0.05) is 17.1 Å². The molecule has 0 aromatic heterocycles. The van der Waals surface area contributed by atoms with E-state index in [2.05, 4.69) is 21.4 Å². The van der Waals surface area contributed by atoms with Crippen LogP contribution in [-0.4, -0.2) is 24.2 Å². The number of hydrogen-bond acceptors (Lipinski definition) is 3. The molecule has 0 radical (unpaired) electrons. The molecule has 0 bridgehead atoms. The molecule has 102 valence electrons. The highest BCUT2D eigenvalue weighted by Gasteiger charge is 2.15. The molecule has 0 spiro atoms. The number of amides is 1. The number of carbonyl (C=O) groups excluding carboxylic acids is 2. The summed E-state index contributed by atoms with van der Waals surface area (Å²) in [6.07, 6.45) is 0.681. The van der Waals surface area contributed by atoms with Gasteiger partial charge in [-0.1, -0.05) is 34.1 Å². The van der Waals surface area contributed by atoms with E-state index in [9.17, 15) is 9.59 Å². The van der Waals surface area contributed by atoms with Crippen molar-refractivity contribution in [3.63, 3.8) is 0 Å². The molecule has 2 rings (SSSR count). The predicted molar refractivity (Wildman–Crippen MR) is 81.7 cm³/mol. The van der Waals surface area contributed by atoms with Crippen molar-refractivity contribution >= 4 is 33.8 Å². The van der Waals surface area contributed by atoms with E-state index in [0.29, 0.717) is 17.4 Å². The fourth-order valence-corrected chi connectivity index (χ4v) is 2.01. The average molecular weight is 333 g/mol. The Morgan fingerprint density at radius 1 is 1.15 bits per heavy atom. The second kappa shape index (κ2) is 6.34. The van der Waals surface area contributed by atoms with Crippen LogP contribution in [0.4, 0.5) is 5.69 Å². The fourth-order valence-electron chi connectivity index (χ4n) is 1.74. The molecule has 0 unspecified atom stereocenters. The summed E-state index contributed by atoms with van der Waals surface area (Å²) in [4.78, 5) is 23.2. The summed E-state index contributed by atoms with van der Waals surface area (Å²) in [6.45, 7) is 0. The molecule has 1 amide bonds. The first-order valence-corrected chi connectivity index (χ1v) is 6.75. The number of nitrogens with one attached hydrogen (secondary N) is 1. The number of benzene rings is 2. The van der Waals surface area contributed by atoms with Crippen molar-refractivity contribution in [1.29, 1.82) is 0 Å². The van der Waals surface area contributed by atoms with Gasteiger partial charge in [0.15, 0.2) is 6.29 Å². The van der Waals surface area contributed by atoms with Crippen LogP contribution in [0.15, 0.2) is 53.0 Å². The zero-order chi connectivity index (χ0) is 14.5. The minimum Gasteiger partial charge on any atom is -0.298 e. The molecule has 5 heteroatoms. The Labute approximate surface area is 125 Å². The topological polar surface area (TPSA) is 49.4 Å². The Hall–Kier alpha value is -2.14. The Balaban J connectivity index is 2.16. The second-order valence-electron chi connectivity index (χ2n) is 4.19. The molecule has 0 atom stereocenters. The van der Waals surface area contributed by atoms with Gasteiger partial charge in [-0.25, -0.2) is 0 Å². The lowest BCUT2D eigenvalue weighted by Gasteiger charge is -2.20. The molecule has 20 heavy (non-hydrogen) atoms. The maximum absolute atomic E-state index is 12.3. The molecule has 0 aliphatic heterocycles. The van der Waals surface area contributed by atoms with Gasteiger partial charge in [-0.3, -0.25) is 20.0 Å². The lowest BCUT2D eigenvalue weighted by atomic mass is 10.1. The minimum absolute atomic E-state index is 0.268. The van der Waals surface area contributed by atoms with E-state index in [1.54, 1.807) is 31.3 Å². The van der Waals surface area contributed by atoms with Crippen LogP contribution in [0, 0.1) is 0 Å². The molecule has 4 nitrogen and oxygen atoms in total. The van der Waals surface area contributed by atoms with E-state index in [-0.39, 0.29) is 5.91 Å². The third kappa shape index (κ3) is 3.24. The van der Waals surface area contributed by atoms with Crippen LogP contribution >= 0.6 is 15.9 Å². The molecule has 0 aliphatic carbocycles. The molecule has 0 saturated carbocycles. The number of nitrogens with zero attached hydrogens (tertiary/aromatic N) is 1. The lowest BCUT2D eigenvalue weighted by Crippen LogP contribution is -2.32. The number of halogens is 1. The summed E-state index contributed by atoms with van der Waals surface area (Å²) < 4.78 is 0.961. The molecule has 2 aromatic rings. The molecule has 0 heterocycles. The summed E-state index contributed by atoms with van der Waals surface area (Å²) in [6, 6.07) is 14.1. The van der Waals surface area contributed by atoms with Crippen LogP contribution in [0.1, 0.15) is 20.7 Å². The molecule has 1 N–H and O–H groups in total. The minimum atomic E-state index is -0.268. The van der Waals surface area contributed by atoms with Crippen molar-refractivity contribution < 1.29 is 9.59 Å². The number of hydrogen-bond donors (Lipinski definition) is 1. The first kappa shape index (κ1) is 14.3. The van der Waals surface area contributed by atoms with Gasteiger partial charge < -0.3 is 0 Å². The first-order valence-electron chi connectivity index (χ1n) is 5.96. The van der Waals surface area contributed by atoms with Crippen molar-refractivity contribution in [3.05, 3.63) is 64.1 Å². The van der Waals surface area contributed by atoms with Crippen LogP contribution in [0.2, 0.25) is 0 Å². The summed E-state index contributed by atoms with van der Waals surface area (Å²) in [5.74, 6) is -0.268. The molecular formula is C15H13BrN2O2. The SMILES string of the molecule is CN(Nc1ccc(Br)cc1)C(=O)c1ccccc1C=O. The van der Waals surface area contributed by atoms with Crippen LogP contribution in [0.3, 0.4) is 0 Å². The fraction of sp³-hybridized carbons (Fsp3) is 0.0667. The van der Waals surface area contributed by atoms with Gasteiger partial charge in [0.05, 0.1) is 11.3 Å². The van der Waals surface area contributed by atoms with Gasteiger partial charge in [0.2, 0.25) is 0 Å². The largest absolute Gasteiger partial charge is 0.298 e. The smallest absolute Gasteiger partial charge is 0.272 e. The van der Waals surface area contributed by atoms with E-state index in [1.165, 1.54) is 5.01 Å². The Bertz CT molecular complexity index is 626. The maximum atomic E-state index is 12.3. The molecule has 0 aliphatic rings. The zero-order valence-corrected chi connectivity index (χ0v) is 12.4. The monoisotopic (exact) mass is 332 g/mol. The van der Waals surface area contributed by atoms with Crippen molar-refractivity contribution in [2.45, 2.75) is 0 Å². The summed E-state index contributed by atoms with van der Waals surface area (Å²) >= 11 is 3.35. The van der Waals surface area contributed by atoms with Crippen molar-refractivity contribution in [2.75, 3.05) is 12.5 Å². The molecular weight excluding hydrogens is 320 g/mol. The van der Waals surface area contributed by atoms with Gasteiger partial charge in [0.25, 0.3) is 5.91 Å². The van der Waals surface area contributed by atoms with Crippen LogP contribution in [0.25, 0.3) is 0 Å². The molecule has 0 fully saturated rings. The highest BCUT2D eigenvalue weighted by atomic mass is 79.9. The number of rotatable bonds is 4. The van der Waals surface area contributed by atoms with E-state index in [0.717, 1.165) is 10.2 Å². The summed E-state index contributed by atoms with van der Waals surface area (Å²) in [5.41, 5.74) is 4.50. The number of hydrazine groups is 1. The van der Waals surface area contributed by atoms with Gasteiger partial charge in [-0.2, -0.15) is 0 Å². The van der Waals surface area contributed by atoms with Gasteiger partial charge in [0.1, 0.15) is 0 Å². The van der Waals surface area contributed by atoms with Gasteiger partial charge in [-0.05, 0) is 30.3 Å². The van der Waals surface area contributed by atoms with E-state index in [1.807, 2.05) is 24.3 Å². The second-order valence-corrected chi connectivity index (χ2v) is 5.10. The molecule has 2 aromatic carbocycles. The Morgan fingerprint density at radius 3 is 2.45 bits per heavy atom. The van der Waals surface area contributed by atoms with Crippen LogP contribution in [-0.2, 0) is 0 Å². The summed E-state index contributed by atoms with van der Waals surface area (Å²) in [7, 11) is 1.62. The van der Waals surface area contributed by atoms with Gasteiger partial charge in [-0.15, -0.1) is 0 Å². The van der Waals surface area contributed by atoms with Crippen molar-refractivity contribution in [1.82, 2.24) is 5.01 Å². The number of carbonyl (C=O) groups is 2. The van der Waals surface area contributed by atoms with E-state index in [4.69, 9.17) is 0 Å². The van der Waals surface area contributed by atoms with E-state index < -0.39 is 0 Å². The highest BCUT2D eigenvalue weighted by Crippen LogP contribution is 2.15. The highest BCUT2D eigenvalue weighted by molar-refractivity contribution is 9.10. The summed E-state index contributed by atoms with van der Waals surface area (Å²) in [5, 5.41) is 1.35. The van der Waals surface area contributed by atoms with Crippen LogP contribution in [0.5, 0.6) is 0 Å². The number of aldehydes is 1. The maximum Gasteiger partial charge on any atom is 0.272 e. The van der Waals surface area contributed by atoms with Crippen LogP contribution < -0.4 is 5.43 Å². The first-order chi connectivity index (χ1) is 9.61. The average Bonchev–Trinajstić information content (AvgIpc) is 2.48. The number of anilines is 1.